The minimum Gasteiger partial charge on any atom is -0.489 e. The molecule has 2 aromatic rings. The van der Waals surface area contributed by atoms with Crippen molar-refractivity contribution < 1.29 is 4.74 Å². The van der Waals surface area contributed by atoms with Crippen LogP contribution in [-0.4, -0.2) is 0 Å². The number of hydrogen-bond acceptors (Lipinski definition) is 3. The van der Waals surface area contributed by atoms with Crippen LogP contribution in [0.25, 0.3) is 0 Å². The number of nitrogen functional groups attached to an aromatic ring is 1. The number of anilines is 1. The van der Waals surface area contributed by atoms with E-state index in [4.69, 9.17) is 10.6 Å². The van der Waals surface area contributed by atoms with E-state index in [0.717, 1.165) is 11.4 Å². The van der Waals surface area contributed by atoms with Crippen molar-refractivity contribution in [2.75, 3.05) is 5.43 Å². The second-order valence-corrected chi connectivity index (χ2v) is 3.89. The van der Waals surface area contributed by atoms with Crippen molar-refractivity contribution in [1.29, 1.82) is 0 Å². The molecule has 3 N–H and O–H groups in total. The van der Waals surface area contributed by atoms with Crippen molar-refractivity contribution >= 4 is 5.69 Å². The van der Waals surface area contributed by atoms with Gasteiger partial charge in [0, 0.05) is 6.07 Å². The highest BCUT2D eigenvalue weighted by Gasteiger charge is 1.99. The van der Waals surface area contributed by atoms with Gasteiger partial charge in [-0.2, -0.15) is 0 Å². The van der Waals surface area contributed by atoms with Crippen LogP contribution in [0.15, 0.2) is 48.5 Å². The van der Waals surface area contributed by atoms with Gasteiger partial charge in [0.2, 0.25) is 0 Å². The molecule has 0 radical (unpaired) electrons. The Morgan fingerprint density at radius 2 is 1.94 bits per heavy atom. The average Bonchev–Trinajstić information content (AvgIpc) is 2.38. The lowest BCUT2D eigenvalue weighted by molar-refractivity contribution is 0.305. The molecule has 0 bridgehead atoms. The van der Waals surface area contributed by atoms with Crippen LogP contribution in [-0.2, 0) is 6.61 Å². The summed E-state index contributed by atoms with van der Waals surface area (Å²) in [4.78, 5) is 0. The zero-order chi connectivity index (χ0) is 12.1. The van der Waals surface area contributed by atoms with Crippen molar-refractivity contribution in [1.82, 2.24) is 0 Å². The zero-order valence-corrected chi connectivity index (χ0v) is 9.81. The average molecular weight is 228 g/mol. The summed E-state index contributed by atoms with van der Waals surface area (Å²) in [6, 6.07) is 15.8. The number of ether oxygens (including phenoxy) is 1. The number of hydrazine groups is 1. The van der Waals surface area contributed by atoms with Gasteiger partial charge in [0.1, 0.15) is 12.4 Å². The number of benzene rings is 2. The summed E-state index contributed by atoms with van der Waals surface area (Å²) in [6.07, 6.45) is 0. The minimum atomic E-state index is 0.570. The standard InChI is InChI=1S/C14H16N2O/c1-11-5-2-3-6-12(11)10-17-14-8-4-7-13(9-14)16-15/h2-9,16H,10,15H2,1H3. The third kappa shape index (κ3) is 2.98. The smallest absolute Gasteiger partial charge is 0.121 e. The third-order valence-electron chi connectivity index (χ3n) is 2.66. The van der Waals surface area contributed by atoms with Gasteiger partial charge in [0.15, 0.2) is 0 Å². The van der Waals surface area contributed by atoms with Crippen LogP contribution in [0.5, 0.6) is 5.75 Å². The van der Waals surface area contributed by atoms with Crippen LogP contribution in [0.4, 0.5) is 5.69 Å². The van der Waals surface area contributed by atoms with Gasteiger partial charge in [-0.25, -0.2) is 0 Å². The summed E-state index contributed by atoms with van der Waals surface area (Å²) < 4.78 is 5.72. The van der Waals surface area contributed by atoms with E-state index in [1.807, 2.05) is 36.4 Å². The van der Waals surface area contributed by atoms with Gasteiger partial charge in [-0.3, -0.25) is 5.84 Å². The second-order valence-electron chi connectivity index (χ2n) is 3.89. The molecule has 0 atom stereocenters. The first-order valence-corrected chi connectivity index (χ1v) is 5.53. The molecule has 2 rings (SSSR count). The Bertz CT molecular complexity index is 497. The summed E-state index contributed by atoms with van der Waals surface area (Å²) in [6.45, 7) is 2.65. The molecule has 0 aliphatic carbocycles. The summed E-state index contributed by atoms with van der Waals surface area (Å²) in [5, 5.41) is 0. The monoisotopic (exact) mass is 228 g/mol. The Hall–Kier alpha value is -2.00. The van der Waals surface area contributed by atoms with Gasteiger partial charge >= 0.3 is 0 Å². The van der Waals surface area contributed by atoms with E-state index < -0.39 is 0 Å². The lowest BCUT2D eigenvalue weighted by atomic mass is 10.1. The van der Waals surface area contributed by atoms with Crippen LogP contribution in [0.3, 0.4) is 0 Å². The molecule has 0 saturated heterocycles. The first kappa shape index (κ1) is 11.5. The molecule has 0 aliphatic rings. The Morgan fingerprint density at radius 1 is 1.12 bits per heavy atom. The maximum atomic E-state index is 5.72. The number of nitrogens with one attached hydrogen (secondary N) is 1. The predicted molar refractivity (Wildman–Crippen MR) is 69.8 cm³/mol. The summed E-state index contributed by atoms with van der Waals surface area (Å²) in [5.74, 6) is 6.15. The van der Waals surface area contributed by atoms with Gasteiger partial charge < -0.3 is 10.2 Å². The third-order valence-corrected chi connectivity index (χ3v) is 2.66. The summed E-state index contributed by atoms with van der Waals surface area (Å²) >= 11 is 0. The molecule has 0 aromatic heterocycles. The van der Waals surface area contributed by atoms with E-state index in [1.165, 1.54) is 11.1 Å². The molecule has 0 amide bonds. The lowest BCUT2D eigenvalue weighted by Crippen LogP contribution is -2.06. The van der Waals surface area contributed by atoms with Crippen molar-refractivity contribution in [3.63, 3.8) is 0 Å². The molecular formula is C14H16N2O. The first-order chi connectivity index (χ1) is 8.29. The molecule has 0 fully saturated rings. The van der Waals surface area contributed by atoms with Gasteiger partial charge in [0.05, 0.1) is 5.69 Å². The van der Waals surface area contributed by atoms with Crippen molar-refractivity contribution in [2.24, 2.45) is 5.84 Å². The van der Waals surface area contributed by atoms with Crippen LogP contribution >= 0.6 is 0 Å². The summed E-state index contributed by atoms with van der Waals surface area (Å²) in [5.41, 5.74) is 5.87. The Morgan fingerprint density at radius 3 is 2.71 bits per heavy atom. The van der Waals surface area contributed by atoms with Gasteiger partial charge in [-0.05, 0) is 30.2 Å². The van der Waals surface area contributed by atoms with Gasteiger partial charge in [-0.15, -0.1) is 0 Å². The highest BCUT2D eigenvalue weighted by molar-refractivity contribution is 5.47. The molecule has 0 unspecified atom stereocenters. The molecular weight excluding hydrogens is 212 g/mol. The molecule has 0 spiro atoms. The predicted octanol–water partition coefficient (Wildman–Crippen LogP) is 2.86. The molecule has 2 aromatic carbocycles. The molecule has 3 heteroatoms. The SMILES string of the molecule is Cc1ccccc1COc1cccc(NN)c1. The fraction of sp³-hybridized carbons (Fsp3) is 0.143. The van der Waals surface area contributed by atoms with Crippen LogP contribution < -0.4 is 16.0 Å². The highest BCUT2D eigenvalue weighted by atomic mass is 16.5. The molecule has 17 heavy (non-hydrogen) atoms. The lowest BCUT2D eigenvalue weighted by Gasteiger charge is -2.09. The first-order valence-electron chi connectivity index (χ1n) is 5.53. The largest absolute Gasteiger partial charge is 0.489 e. The van der Waals surface area contributed by atoms with Crippen LogP contribution in [0, 0.1) is 6.92 Å². The Balaban J connectivity index is 2.05. The van der Waals surface area contributed by atoms with Crippen molar-refractivity contribution in [3.8, 4) is 5.75 Å². The van der Waals surface area contributed by atoms with Crippen LogP contribution in [0.1, 0.15) is 11.1 Å². The maximum Gasteiger partial charge on any atom is 0.121 e. The number of rotatable bonds is 4. The Kier molecular flexibility index (Phi) is 3.62. The van der Waals surface area contributed by atoms with E-state index in [9.17, 15) is 0 Å². The van der Waals surface area contributed by atoms with Gasteiger partial charge in [-0.1, -0.05) is 30.3 Å². The normalized spacial score (nSPS) is 10.0. The number of nitrogens with two attached hydrogens (primary N) is 1. The van der Waals surface area contributed by atoms with E-state index in [0.29, 0.717) is 6.61 Å². The van der Waals surface area contributed by atoms with Crippen molar-refractivity contribution in [2.45, 2.75) is 13.5 Å². The van der Waals surface area contributed by atoms with Crippen LogP contribution in [0.2, 0.25) is 0 Å². The van der Waals surface area contributed by atoms with Gasteiger partial charge in [0.25, 0.3) is 0 Å². The topological polar surface area (TPSA) is 47.3 Å². The highest BCUT2D eigenvalue weighted by Crippen LogP contribution is 2.18. The molecule has 3 nitrogen and oxygen atoms in total. The van der Waals surface area contributed by atoms with Crippen molar-refractivity contribution in [3.05, 3.63) is 59.7 Å². The molecule has 88 valence electrons. The second kappa shape index (κ2) is 5.37. The fourth-order valence-corrected chi connectivity index (χ4v) is 1.61. The Labute approximate surface area is 101 Å². The molecule has 0 heterocycles. The summed E-state index contributed by atoms with van der Waals surface area (Å²) in [7, 11) is 0. The van der Waals surface area contributed by atoms with E-state index in [2.05, 4.69) is 24.5 Å². The quantitative estimate of drug-likeness (QED) is 0.625. The molecule has 0 aliphatic heterocycles. The zero-order valence-electron chi connectivity index (χ0n) is 9.81. The minimum absolute atomic E-state index is 0.570. The molecule has 0 saturated carbocycles. The fourth-order valence-electron chi connectivity index (χ4n) is 1.61. The maximum absolute atomic E-state index is 5.72. The van der Waals surface area contributed by atoms with E-state index >= 15 is 0 Å². The number of aryl methyl sites for hydroxylation is 1. The van der Waals surface area contributed by atoms with E-state index in [-0.39, 0.29) is 0 Å². The number of hydrogen-bond donors (Lipinski definition) is 2. The van der Waals surface area contributed by atoms with E-state index in [1.54, 1.807) is 0 Å².